The van der Waals surface area contributed by atoms with Crippen LogP contribution in [-0.2, 0) is 6.54 Å². The highest BCUT2D eigenvalue weighted by molar-refractivity contribution is 5.44. The maximum atomic E-state index is 10.8. The molecule has 0 unspecified atom stereocenters. The Morgan fingerprint density at radius 2 is 2.18 bits per heavy atom. The average molecular weight is 238 g/mol. The van der Waals surface area contributed by atoms with Gasteiger partial charge in [0.15, 0.2) is 0 Å². The van der Waals surface area contributed by atoms with Crippen molar-refractivity contribution >= 4 is 5.69 Å². The van der Waals surface area contributed by atoms with Gasteiger partial charge in [-0.15, -0.1) is 0 Å². The monoisotopic (exact) mass is 238 g/mol. The zero-order chi connectivity index (χ0) is 12.8. The number of benzene rings is 1. The molecule has 17 heavy (non-hydrogen) atoms. The van der Waals surface area contributed by atoms with Crippen molar-refractivity contribution in [2.24, 2.45) is 0 Å². The van der Waals surface area contributed by atoms with Gasteiger partial charge in [-0.3, -0.25) is 15.0 Å². The van der Waals surface area contributed by atoms with Crippen molar-refractivity contribution in [3.8, 4) is 0 Å². The van der Waals surface area contributed by atoms with Crippen LogP contribution in [0, 0.1) is 17.0 Å². The Kier molecular flexibility index (Phi) is 5.06. The Balaban J connectivity index is 2.91. The molecule has 0 aliphatic rings. The quantitative estimate of drug-likeness (QED) is 0.605. The normalized spacial score (nSPS) is 10.8. The molecule has 1 aromatic carbocycles. The summed E-state index contributed by atoms with van der Waals surface area (Å²) in [6.07, 6.45) is 0. The van der Waals surface area contributed by atoms with E-state index in [1.165, 1.54) is 6.07 Å². The largest absolute Gasteiger partial charge is 0.395 e. The summed E-state index contributed by atoms with van der Waals surface area (Å²) in [6.45, 7) is 5.89. The summed E-state index contributed by atoms with van der Waals surface area (Å²) in [7, 11) is 0. The molecular weight excluding hydrogens is 220 g/mol. The number of hydrogen-bond donors (Lipinski definition) is 1. The van der Waals surface area contributed by atoms with Gasteiger partial charge in [0.25, 0.3) is 5.69 Å². The molecule has 0 saturated carbocycles. The molecule has 0 aromatic heterocycles. The van der Waals surface area contributed by atoms with Gasteiger partial charge in [-0.2, -0.15) is 0 Å². The van der Waals surface area contributed by atoms with Gasteiger partial charge in [-0.05, 0) is 19.0 Å². The van der Waals surface area contributed by atoms with Gasteiger partial charge in [0.05, 0.1) is 11.5 Å². The van der Waals surface area contributed by atoms with Crippen molar-refractivity contribution in [1.29, 1.82) is 0 Å². The number of rotatable bonds is 6. The minimum atomic E-state index is -0.360. The van der Waals surface area contributed by atoms with E-state index in [1.54, 1.807) is 13.0 Å². The molecule has 0 bridgehead atoms. The van der Waals surface area contributed by atoms with Crippen LogP contribution in [0.15, 0.2) is 18.2 Å². The molecule has 94 valence electrons. The number of likely N-dealkylation sites (N-methyl/N-ethyl adjacent to an activating group) is 1. The first kappa shape index (κ1) is 13.6. The zero-order valence-corrected chi connectivity index (χ0v) is 10.2. The first-order chi connectivity index (χ1) is 8.10. The predicted octanol–water partition coefficient (Wildman–Crippen LogP) is 1.72. The van der Waals surface area contributed by atoms with Crippen LogP contribution in [0.3, 0.4) is 0 Å². The lowest BCUT2D eigenvalue weighted by atomic mass is 10.1. The first-order valence-corrected chi connectivity index (χ1v) is 5.66. The fourth-order valence-corrected chi connectivity index (χ4v) is 1.77. The fourth-order valence-electron chi connectivity index (χ4n) is 1.77. The van der Waals surface area contributed by atoms with Gasteiger partial charge < -0.3 is 5.11 Å². The summed E-state index contributed by atoms with van der Waals surface area (Å²) in [5.74, 6) is 0. The lowest BCUT2D eigenvalue weighted by Crippen LogP contribution is -2.26. The maximum Gasteiger partial charge on any atom is 0.272 e. The van der Waals surface area contributed by atoms with Crippen molar-refractivity contribution in [2.75, 3.05) is 19.7 Å². The highest BCUT2D eigenvalue weighted by atomic mass is 16.6. The minimum Gasteiger partial charge on any atom is -0.395 e. The van der Waals surface area contributed by atoms with Gasteiger partial charge in [0.2, 0.25) is 0 Å². The molecular formula is C12H18N2O3. The van der Waals surface area contributed by atoms with E-state index in [1.807, 2.05) is 17.9 Å². The Bertz CT molecular complexity index is 393. The first-order valence-electron chi connectivity index (χ1n) is 5.66. The third kappa shape index (κ3) is 3.51. The number of nitro benzene ring substituents is 1. The van der Waals surface area contributed by atoms with Crippen LogP contribution in [0.1, 0.15) is 18.1 Å². The standard InChI is InChI=1S/C12H18N2O3/c1-3-13(7-8-15)9-11-5-4-6-12(10(11)2)14(16)17/h4-6,15H,3,7-9H2,1-2H3. The molecule has 5 nitrogen and oxygen atoms in total. The van der Waals surface area contributed by atoms with Crippen LogP contribution in [0.5, 0.6) is 0 Å². The molecule has 5 heteroatoms. The van der Waals surface area contributed by atoms with Crippen molar-refractivity contribution in [3.05, 3.63) is 39.4 Å². The van der Waals surface area contributed by atoms with E-state index >= 15 is 0 Å². The highest BCUT2D eigenvalue weighted by Gasteiger charge is 2.14. The molecule has 1 rings (SSSR count). The van der Waals surface area contributed by atoms with E-state index in [9.17, 15) is 10.1 Å². The summed E-state index contributed by atoms with van der Waals surface area (Å²) >= 11 is 0. The van der Waals surface area contributed by atoms with E-state index in [4.69, 9.17) is 5.11 Å². The highest BCUT2D eigenvalue weighted by Crippen LogP contribution is 2.22. The zero-order valence-electron chi connectivity index (χ0n) is 10.2. The Labute approximate surface area is 101 Å². The second-order valence-electron chi connectivity index (χ2n) is 3.91. The van der Waals surface area contributed by atoms with Crippen LogP contribution >= 0.6 is 0 Å². The van der Waals surface area contributed by atoms with E-state index in [-0.39, 0.29) is 17.2 Å². The van der Waals surface area contributed by atoms with Gasteiger partial charge >= 0.3 is 0 Å². The molecule has 0 aliphatic heterocycles. The lowest BCUT2D eigenvalue weighted by molar-refractivity contribution is -0.385. The van der Waals surface area contributed by atoms with Crippen LogP contribution in [-0.4, -0.2) is 34.6 Å². The summed E-state index contributed by atoms with van der Waals surface area (Å²) in [6, 6.07) is 5.11. The smallest absolute Gasteiger partial charge is 0.272 e. The van der Waals surface area contributed by atoms with E-state index < -0.39 is 0 Å². The molecule has 0 atom stereocenters. The molecule has 0 radical (unpaired) electrons. The molecule has 0 fully saturated rings. The second-order valence-corrected chi connectivity index (χ2v) is 3.91. The number of nitro groups is 1. The molecule has 0 spiro atoms. The van der Waals surface area contributed by atoms with E-state index in [0.717, 1.165) is 12.1 Å². The molecule has 0 aliphatic carbocycles. The van der Waals surface area contributed by atoms with Crippen LogP contribution in [0.4, 0.5) is 5.69 Å². The Hall–Kier alpha value is -1.46. The molecule has 0 saturated heterocycles. The topological polar surface area (TPSA) is 66.6 Å². The number of aliphatic hydroxyl groups is 1. The SMILES string of the molecule is CCN(CCO)Cc1cccc([N+](=O)[O-])c1C. The molecule has 0 heterocycles. The van der Waals surface area contributed by atoms with Crippen molar-refractivity contribution in [3.63, 3.8) is 0 Å². The van der Waals surface area contributed by atoms with Crippen molar-refractivity contribution in [2.45, 2.75) is 20.4 Å². The van der Waals surface area contributed by atoms with Gasteiger partial charge in [-0.25, -0.2) is 0 Å². The fraction of sp³-hybridized carbons (Fsp3) is 0.500. The Morgan fingerprint density at radius 1 is 1.47 bits per heavy atom. The summed E-state index contributed by atoms with van der Waals surface area (Å²) in [4.78, 5) is 12.5. The summed E-state index contributed by atoms with van der Waals surface area (Å²) in [5.41, 5.74) is 1.80. The second kappa shape index (κ2) is 6.32. The average Bonchev–Trinajstić information content (AvgIpc) is 2.30. The predicted molar refractivity (Wildman–Crippen MR) is 65.9 cm³/mol. The van der Waals surface area contributed by atoms with Gasteiger partial charge in [0, 0.05) is 24.7 Å². The third-order valence-electron chi connectivity index (χ3n) is 2.87. The van der Waals surface area contributed by atoms with E-state index in [0.29, 0.717) is 18.7 Å². The maximum absolute atomic E-state index is 10.8. The summed E-state index contributed by atoms with van der Waals surface area (Å²) in [5, 5.41) is 19.7. The third-order valence-corrected chi connectivity index (χ3v) is 2.87. The lowest BCUT2D eigenvalue weighted by Gasteiger charge is -2.20. The van der Waals surface area contributed by atoms with Crippen LogP contribution in [0.2, 0.25) is 0 Å². The van der Waals surface area contributed by atoms with Crippen molar-refractivity contribution < 1.29 is 10.0 Å². The number of aliphatic hydroxyl groups excluding tert-OH is 1. The minimum absolute atomic E-state index is 0.0990. The number of nitrogens with zero attached hydrogens (tertiary/aromatic N) is 2. The number of hydrogen-bond acceptors (Lipinski definition) is 4. The van der Waals surface area contributed by atoms with Crippen LogP contribution in [0.25, 0.3) is 0 Å². The van der Waals surface area contributed by atoms with E-state index in [2.05, 4.69) is 0 Å². The molecule has 1 N–H and O–H groups in total. The van der Waals surface area contributed by atoms with Crippen LogP contribution < -0.4 is 0 Å². The molecule has 1 aromatic rings. The Morgan fingerprint density at radius 3 is 2.71 bits per heavy atom. The van der Waals surface area contributed by atoms with Gasteiger partial charge in [-0.1, -0.05) is 19.1 Å². The van der Waals surface area contributed by atoms with Crippen molar-refractivity contribution in [1.82, 2.24) is 4.90 Å². The van der Waals surface area contributed by atoms with Gasteiger partial charge in [0.1, 0.15) is 0 Å². The molecule has 0 amide bonds. The summed E-state index contributed by atoms with van der Waals surface area (Å²) < 4.78 is 0.